The highest BCUT2D eigenvalue weighted by Gasteiger charge is 2.32. The molecule has 0 bridgehead atoms. The lowest BCUT2D eigenvalue weighted by molar-refractivity contribution is -0.136. The van der Waals surface area contributed by atoms with Crippen molar-refractivity contribution in [3.63, 3.8) is 0 Å². The van der Waals surface area contributed by atoms with E-state index in [9.17, 15) is 14.4 Å². The summed E-state index contributed by atoms with van der Waals surface area (Å²) in [4.78, 5) is 37.5. The van der Waals surface area contributed by atoms with Gasteiger partial charge in [0.05, 0.1) is 17.2 Å². The summed E-state index contributed by atoms with van der Waals surface area (Å²) in [6, 6.07) is 16.8. The minimum Gasteiger partial charge on any atom is -0.493 e. The van der Waals surface area contributed by atoms with E-state index >= 15 is 0 Å². The Morgan fingerprint density at radius 1 is 0.879 bits per heavy atom. The third-order valence-electron chi connectivity index (χ3n) is 4.87. The van der Waals surface area contributed by atoms with Crippen LogP contribution in [0.4, 0.5) is 0 Å². The number of ether oxygens (including phenoxy) is 3. The van der Waals surface area contributed by atoms with Crippen molar-refractivity contribution in [1.29, 1.82) is 0 Å². The molecule has 0 fully saturated rings. The molecular weight excluding hydrogens is 556 g/mol. The number of hydrogen-bond donors (Lipinski definition) is 0. The minimum absolute atomic E-state index is 0.0801. The zero-order chi connectivity index (χ0) is 23.5. The second-order valence-corrected chi connectivity index (χ2v) is 8.78. The predicted octanol–water partition coefficient (Wildman–Crippen LogP) is 5.67. The Bertz CT molecular complexity index is 1270. The van der Waals surface area contributed by atoms with Crippen molar-refractivity contribution in [2.45, 2.75) is 0 Å². The lowest BCUT2D eigenvalue weighted by Crippen LogP contribution is -2.18. The number of allylic oxidation sites excluding steroid dienone is 1. The number of esters is 1. The van der Waals surface area contributed by atoms with E-state index in [0.29, 0.717) is 26.9 Å². The lowest BCUT2D eigenvalue weighted by atomic mass is 10.1. The molecule has 8 heteroatoms. The fourth-order valence-electron chi connectivity index (χ4n) is 3.31. The van der Waals surface area contributed by atoms with Gasteiger partial charge < -0.3 is 14.2 Å². The standard InChI is InChI=1S/C25H16Br2O6/c1-31-22-11-14(10-18-24(29)16-4-2-3-5-17(16)25(18)30)6-8-21(22)33-23(28)13-32-20-9-7-15(26)12-19(20)27/h2-12H,13H2,1H3. The van der Waals surface area contributed by atoms with Gasteiger partial charge in [-0.3, -0.25) is 9.59 Å². The van der Waals surface area contributed by atoms with Crippen LogP contribution < -0.4 is 14.2 Å². The van der Waals surface area contributed by atoms with Gasteiger partial charge in [0.15, 0.2) is 29.7 Å². The molecule has 0 aliphatic heterocycles. The number of rotatable bonds is 6. The van der Waals surface area contributed by atoms with E-state index < -0.39 is 5.97 Å². The van der Waals surface area contributed by atoms with Gasteiger partial charge in [0.2, 0.25) is 0 Å². The van der Waals surface area contributed by atoms with Crippen molar-refractivity contribution in [1.82, 2.24) is 0 Å². The summed E-state index contributed by atoms with van der Waals surface area (Å²) in [6.45, 7) is -0.309. The SMILES string of the molecule is COc1cc(C=C2C(=O)c3ccccc3C2=O)ccc1OC(=O)COc1ccc(Br)cc1Br. The van der Waals surface area contributed by atoms with Crippen molar-refractivity contribution < 1.29 is 28.6 Å². The molecule has 0 saturated carbocycles. The molecule has 0 unspecified atom stereocenters. The van der Waals surface area contributed by atoms with Gasteiger partial charge in [0, 0.05) is 15.6 Å². The average Bonchev–Trinajstić information content (AvgIpc) is 3.04. The second kappa shape index (κ2) is 9.72. The quantitative estimate of drug-likeness (QED) is 0.164. The molecule has 0 aromatic heterocycles. The summed E-state index contributed by atoms with van der Waals surface area (Å²) in [6.07, 6.45) is 1.51. The molecule has 0 saturated heterocycles. The van der Waals surface area contributed by atoms with Gasteiger partial charge in [-0.25, -0.2) is 4.79 Å². The number of carbonyl (C=O) groups excluding carboxylic acids is 3. The van der Waals surface area contributed by atoms with Gasteiger partial charge in [-0.1, -0.05) is 46.3 Å². The molecule has 1 aliphatic rings. The fourth-order valence-corrected chi connectivity index (χ4v) is 4.47. The first-order valence-corrected chi connectivity index (χ1v) is 11.3. The molecule has 0 N–H and O–H groups in total. The third-order valence-corrected chi connectivity index (χ3v) is 5.98. The van der Waals surface area contributed by atoms with Crippen molar-refractivity contribution in [3.8, 4) is 17.2 Å². The topological polar surface area (TPSA) is 78.9 Å². The Balaban J connectivity index is 1.48. The molecule has 1 aliphatic carbocycles. The molecule has 0 heterocycles. The van der Waals surface area contributed by atoms with Gasteiger partial charge in [-0.2, -0.15) is 0 Å². The van der Waals surface area contributed by atoms with E-state index in [1.807, 2.05) is 0 Å². The van der Waals surface area contributed by atoms with Crippen LogP contribution in [0.25, 0.3) is 6.08 Å². The maximum Gasteiger partial charge on any atom is 0.349 e. The van der Waals surface area contributed by atoms with E-state index in [2.05, 4.69) is 31.9 Å². The van der Waals surface area contributed by atoms with Crippen LogP contribution >= 0.6 is 31.9 Å². The molecule has 0 atom stereocenters. The van der Waals surface area contributed by atoms with E-state index in [0.717, 1.165) is 4.47 Å². The molecule has 33 heavy (non-hydrogen) atoms. The summed E-state index contributed by atoms with van der Waals surface area (Å²) in [5.74, 6) is -0.294. The van der Waals surface area contributed by atoms with Crippen molar-refractivity contribution >= 4 is 55.5 Å². The molecule has 6 nitrogen and oxygen atoms in total. The zero-order valence-electron chi connectivity index (χ0n) is 17.3. The highest BCUT2D eigenvalue weighted by Crippen LogP contribution is 2.32. The Labute approximate surface area is 206 Å². The fraction of sp³-hybridized carbons (Fsp3) is 0.0800. The molecule has 4 rings (SSSR count). The first-order chi connectivity index (χ1) is 15.9. The predicted molar refractivity (Wildman–Crippen MR) is 129 cm³/mol. The van der Waals surface area contributed by atoms with Crippen LogP contribution in [0.5, 0.6) is 17.2 Å². The van der Waals surface area contributed by atoms with Crippen LogP contribution in [0, 0.1) is 0 Å². The Hall–Kier alpha value is -3.23. The number of methoxy groups -OCH3 is 1. The number of carbonyl (C=O) groups is 3. The number of hydrogen-bond acceptors (Lipinski definition) is 6. The van der Waals surface area contributed by atoms with Crippen molar-refractivity contribution in [2.75, 3.05) is 13.7 Å². The van der Waals surface area contributed by atoms with Gasteiger partial charge in [-0.15, -0.1) is 0 Å². The van der Waals surface area contributed by atoms with Crippen molar-refractivity contribution in [3.05, 3.63) is 91.9 Å². The smallest absolute Gasteiger partial charge is 0.349 e. The highest BCUT2D eigenvalue weighted by molar-refractivity contribution is 9.11. The van der Waals surface area contributed by atoms with E-state index in [-0.39, 0.29) is 35.2 Å². The first kappa shape index (κ1) is 22.9. The molecule has 0 amide bonds. The monoisotopic (exact) mass is 570 g/mol. The summed E-state index contributed by atoms with van der Waals surface area (Å²) >= 11 is 6.72. The van der Waals surface area contributed by atoms with E-state index in [4.69, 9.17) is 14.2 Å². The number of Topliss-reactive ketones (excluding diaryl/α,β-unsaturated/α-hetero) is 2. The molecule has 3 aromatic carbocycles. The summed E-state index contributed by atoms with van der Waals surface area (Å²) in [5.41, 5.74) is 1.43. The van der Waals surface area contributed by atoms with Gasteiger partial charge >= 0.3 is 5.97 Å². The van der Waals surface area contributed by atoms with Crippen LogP contribution in [0.2, 0.25) is 0 Å². The maximum absolute atomic E-state index is 12.6. The number of halogens is 2. The van der Waals surface area contributed by atoms with E-state index in [1.54, 1.807) is 54.6 Å². The van der Waals surface area contributed by atoms with Gasteiger partial charge in [0.1, 0.15) is 5.75 Å². The number of fused-ring (bicyclic) bond motifs is 1. The second-order valence-electron chi connectivity index (χ2n) is 7.01. The summed E-state index contributed by atoms with van der Waals surface area (Å²) in [5, 5.41) is 0. The molecule has 166 valence electrons. The van der Waals surface area contributed by atoms with Crippen LogP contribution in [0.3, 0.4) is 0 Å². The molecule has 3 aromatic rings. The lowest BCUT2D eigenvalue weighted by Gasteiger charge is -2.11. The van der Waals surface area contributed by atoms with Crippen LogP contribution in [-0.4, -0.2) is 31.3 Å². The first-order valence-electron chi connectivity index (χ1n) is 9.74. The molecule has 0 spiro atoms. The van der Waals surface area contributed by atoms with Crippen LogP contribution in [0.15, 0.2) is 75.2 Å². The minimum atomic E-state index is -0.620. The average molecular weight is 572 g/mol. The Morgan fingerprint density at radius 3 is 2.18 bits per heavy atom. The molecule has 0 radical (unpaired) electrons. The third kappa shape index (κ3) is 4.91. The van der Waals surface area contributed by atoms with Gasteiger partial charge in [-0.05, 0) is 57.9 Å². The Kier molecular flexibility index (Phi) is 6.76. The van der Waals surface area contributed by atoms with Crippen LogP contribution in [0.1, 0.15) is 26.3 Å². The Morgan fingerprint density at radius 2 is 1.55 bits per heavy atom. The van der Waals surface area contributed by atoms with E-state index in [1.165, 1.54) is 19.3 Å². The van der Waals surface area contributed by atoms with Crippen molar-refractivity contribution in [2.24, 2.45) is 0 Å². The summed E-state index contributed by atoms with van der Waals surface area (Å²) in [7, 11) is 1.43. The normalized spacial score (nSPS) is 12.4. The number of benzene rings is 3. The largest absolute Gasteiger partial charge is 0.493 e. The maximum atomic E-state index is 12.6. The van der Waals surface area contributed by atoms with Crippen LogP contribution in [-0.2, 0) is 4.79 Å². The zero-order valence-corrected chi connectivity index (χ0v) is 20.4. The highest BCUT2D eigenvalue weighted by atomic mass is 79.9. The summed E-state index contributed by atoms with van der Waals surface area (Å²) < 4.78 is 17.8. The van der Waals surface area contributed by atoms with Gasteiger partial charge in [0.25, 0.3) is 0 Å². The molecular formula is C25H16Br2O6. The number of ketones is 2.